The second kappa shape index (κ2) is 10.8. The predicted molar refractivity (Wildman–Crippen MR) is 91.9 cm³/mol. The average Bonchev–Trinajstić information content (AvgIpc) is 3.04. The van der Waals surface area contributed by atoms with Gasteiger partial charge in [0.1, 0.15) is 0 Å². The summed E-state index contributed by atoms with van der Waals surface area (Å²) >= 11 is 0. The number of amides is 2. The molecule has 0 aliphatic carbocycles. The summed E-state index contributed by atoms with van der Waals surface area (Å²) in [5, 5.41) is 2.92. The Bertz CT molecular complexity index is 457. The van der Waals surface area contributed by atoms with Crippen molar-refractivity contribution in [2.24, 2.45) is 0 Å². The van der Waals surface area contributed by atoms with E-state index in [9.17, 15) is 9.59 Å². The van der Waals surface area contributed by atoms with Gasteiger partial charge in [0.15, 0.2) is 0 Å². The Kier molecular flexibility index (Phi) is 8.98. The number of likely N-dealkylation sites (tertiary alicyclic amines) is 1. The minimum Gasteiger partial charge on any atom is -0.379 e. The fourth-order valence-corrected chi connectivity index (χ4v) is 2.84. The molecule has 2 atom stereocenters. The van der Waals surface area contributed by atoms with E-state index in [0.29, 0.717) is 6.54 Å². The highest BCUT2D eigenvalue weighted by atomic mass is 16.5. The third-order valence-electron chi connectivity index (χ3n) is 4.15. The minimum atomic E-state index is -0.246. The van der Waals surface area contributed by atoms with E-state index in [2.05, 4.69) is 11.9 Å². The van der Waals surface area contributed by atoms with Crippen molar-refractivity contribution in [3.8, 4) is 0 Å². The monoisotopic (exact) mass is 320 g/mol. The molecule has 1 aliphatic rings. The topological polar surface area (TPSA) is 58.6 Å². The van der Waals surface area contributed by atoms with Gasteiger partial charge in [0.05, 0.1) is 18.6 Å². The molecule has 1 heterocycles. The Balaban J connectivity index is 2.41. The molecule has 2 unspecified atom stereocenters. The van der Waals surface area contributed by atoms with Crippen molar-refractivity contribution in [1.82, 2.24) is 10.2 Å². The first kappa shape index (κ1) is 19.2. The molecule has 2 amide bonds. The molecule has 1 rings (SSSR count). The van der Waals surface area contributed by atoms with Crippen molar-refractivity contribution < 1.29 is 14.3 Å². The maximum atomic E-state index is 12.1. The number of hydrogen-bond donors (Lipinski definition) is 1. The molecule has 0 aromatic heterocycles. The number of hydrogen-bond acceptors (Lipinski definition) is 3. The Hall–Kier alpha value is -1.88. The lowest BCUT2D eigenvalue weighted by atomic mass is 10.0. The number of nitrogens with one attached hydrogen (secondary N) is 1. The Morgan fingerprint density at radius 3 is 2.91 bits per heavy atom. The molecule has 1 saturated heterocycles. The lowest BCUT2D eigenvalue weighted by Gasteiger charge is -2.27. The molecular formula is C18H28N2O3. The molecule has 0 bridgehead atoms. The first-order valence-electron chi connectivity index (χ1n) is 8.11. The van der Waals surface area contributed by atoms with Crippen LogP contribution >= 0.6 is 0 Å². The van der Waals surface area contributed by atoms with Crippen molar-refractivity contribution in [3.63, 3.8) is 0 Å². The second-order valence-electron chi connectivity index (χ2n) is 5.59. The molecule has 0 aromatic carbocycles. The zero-order valence-corrected chi connectivity index (χ0v) is 14.2. The number of carbonyl (C=O) groups excluding carboxylic acids is 2. The van der Waals surface area contributed by atoms with E-state index >= 15 is 0 Å². The predicted octanol–water partition coefficient (Wildman–Crippen LogP) is 2.21. The van der Waals surface area contributed by atoms with Crippen molar-refractivity contribution in [1.29, 1.82) is 0 Å². The number of ether oxygens (including phenoxy) is 1. The smallest absolute Gasteiger partial charge is 0.222 e. The third-order valence-corrected chi connectivity index (χ3v) is 4.15. The van der Waals surface area contributed by atoms with E-state index in [1.807, 2.05) is 25.2 Å². The van der Waals surface area contributed by atoms with Gasteiger partial charge >= 0.3 is 0 Å². The Morgan fingerprint density at radius 2 is 2.30 bits per heavy atom. The quantitative estimate of drug-likeness (QED) is 0.496. The second-order valence-corrected chi connectivity index (χ2v) is 5.59. The maximum Gasteiger partial charge on any atom is 0.222 e. The fourth-order valence-electron chi connectivity index (χ4n) is 2.84. The van der Waals surface area contributed by atoms with Gasteiger partial charge in [-0.15, -0.1) is 0 Å². The van der Waals surface area contributed by atoms with Crippen LogP contribution in [-0.2, 0) is 14.3 Å². The molecule has 5 nitrogen and oxygen atoms in total. The molecule has 0 radical (unpaired) electrons. The van der Waals surface area contributed by atoms with Gasteiger partial charge in [-0.2, -0.15) is 0 Å². The van der Waals surface area contributed by atoms with E-state index in [0.717, 1.165) is 37.8 Å². The lowest BCUT2D eigenvalue weighted by Crippen LogP contribution is -2.42. The highest BCUT2D eigenvalue weighted by Gasteiger charge is 2.32. The number of nitrogens with zero attached hydrogens (tertiary/aromatic N) is 1. The van der Waals surface area contributed by atoms with E-state index in [1.165, 1.54) is 0 Å². The van der Waals surface area contributed by atoms with Crippen LogP contribution in [0.15, 0.2) is 36.5 Å². The van der Waals surface area contributed by atoms with Crippen molar-refractivity contribution in [2.45, 2.75) is 44.8 Å². The fraction of sp³-hybridized carbons (Fsp3) is 0.556. The maximum absolute atomic E-state index is 12.1. The van der Waals surface area contributed by atoms with Gasteiger partial charge in [-0.05, 0) is 26.2 Å². The molecule has 1 aliphatic heterocycles. The van der Waals surface area contributed by atoms with Gasteiger partial charge in [0.25, 0.3) is 0 Å². The van der Waals surface area contributed by atoms with Crippen molar-refractivity contribution >= 4 is 12.3 Å². The van der Waals surface area contributed by atoms with Crippen LogP contribution in [0, 0.1) is 0 Å². The summed E-state index contributed by atoms with van der Waals surface area (Å²) in [5.74, 6) is -0.0437. The van der Waals surface area contributed by atoms with Crippen LogP contribution in [0.3, 0.4) is 0 Å². The summed E-state index contributed by atoms with van der Waals surface area (Å²) in [4.78, 5) is 24.9. The number of carbonyl (C=O) groups is 2. The summed E-state index contributed by atoms with van der Waals surface area (Å²) in [6, 6.07) is 0.00451. The standard InChI is InChI=1S/C18H28N2O3/c1-4-6-8-15(5-2)10-11-19-18(22)13-17(23-3)16-9-7-12-20(16)14-21/h4-6,8,14,16-17H,1,7,9-13H2,2-3H3,(H,19,22)/b8-6-,15-5+. The number of methoxy groups -OCH3 is 1. The average molecular weight is 320 g/mol. The molecule has 1 fully saturated rings. The molecule has 0 spiro atoms. The van der Waals surface area contributed by atoms with Crippen molar-refractivity contribution in [3.05, 3.63) is 36.5 Å². The van der Waals surface area contributed by atoms with Gasteiger partial charge < -0.3 is 15.0 Å². The molecule has 128 valence electrons. The van der Waals surface area contributed by atoms with Crippen LogP contribution in [0.25, 0.3) is 0 Å². The molecule has 0 saturated carbocycles. The SMILES string of the molecule is C=C/C=C\C(=C/C)CCNC(=O)CC(OC)C1CCCN1C=O. The van der Waals surface area contributed by atoms with Crippen molar-refractivity contribution in [2.75, 3.05) is 20.2 Å². The summed E-state index contributed by atoms with van der Waals surface area (Å²) in [7, 11) is 1.59. The van der Waals surface area contributed by atoms with Gasteiger partial charge in [-0.25, -0.2) is 0 Å². The van der Waals surface area contributed by atoms with Gasteiger partial charge in [-0.1, -0.05) is 36.5 Å². The molecule has 1 N–H and O–H groups in total. The molecule has 5 heteroatoms. The van der Waals surface area contributed by atoms with E-state index in [-0.39, 0.29) is 24.5 Å². The zero-order chi connectivity index (χ0) is 17.1. The summed E-state index contributed by atoms with van der Waals surface area (Å²) in [6.45, 7) is 6.94. The van der Waals surface area contributed by atoms with Crippen LogP contribution in [0.2, 0.25) is 0 Å². The van der Waals surface area contributed by atoms with Crippen LogP contribution < -0.4 is 5.32 Å². The number of allylic oxidation sites excluding steroid dienone is 4. The van der Waals surface area contributed by atoms with E-state index < -0.39 is 0 Å². The molecule has 0 aromatic rings. The van der Waals surface area contributed by atoms with Crippen LogP contribution in [0.5, 0.6) is 0 Å². The highest BCUT2D eigenvalue weighted by molar-refractivity contribution is 5.76. The van der Waals surface area contributed by atoms with Crippen LogP contribution in [0.1, 0.15) is 32.6 Å². The molecular weight excluding hydrogens is 292 g/mol. The minimum absolute atomic E-state index is 0.00451. The number of rotatable bonds is 10. The largest absolute Gasteiger partial charge is 0.379 e. The lowest BCUT2D eigenvalue weighted by molar-refractivity contribution is -0.128. The third kappa shape index (κ3) is 6.40. The van der Waals surface area contributed by atoms with Gasteiger partial charge in [0.2, 0.25) is 12.3 Å². The zero-order valence-electron chi connectivity index (χ0n) is 14.2. The van der Waals surface area contributed by atoms with Crippen LogP contribution in [-0.4, -0.2) is 49.6 Å². The Labute approximate surface area is 139 Å². The Morgan fingerprint density at radius 1 is 1.52 bits per heavy atom. The first-order valence-corrected chi connectivity index (χ1v) is 8.11. The van der Waals surface area contributed by atoms with E-state index in [4.69, 9.17) is 4.74 Å². The summed E-state index contributed by atoms with van der Waals surface area (Å²) in [6.07, 6.45) is 11.1. The van der Waals surface area contributed by atoms with Gasteiger partial charge in [0, 0.05) is 20.2 Å². The summed E-state index contributed by atoms with van der Waals surface area (Å²) in [5.41, 5.74) is 1.15. The normalized spacial score (nSPS) is 19.8. The molecule has 23 heavy (non-hydrogen) atoms. The van der Waals surface area contributed by atoms with E-state index in [1.54, 1.807) is 18.1 Å². The summed E-state index contributed by atoms with van der Waals surface area (Å²) < 4.78 is 5.44. The first-order chi connectivity index (χ1) is 11.2. The van der Waals surface area contributed by atoms with Gasteiger partial charge in [-0.3, -0.25) is 9.59 Å². The highest BCUT2D eigenvalue weighted by Crippen LogP contribution is 2.22. The van der Waals surface area contributed by atoms with Crippen LogP contribution in [0.4, 0.5) is 0 Å².